The van der Waals surface area contributed by atoms with Gasteiger partial charge in [-0.1, -0.05) is 35.6 Å². The molecule has 1 fully saturated rings. The fraction of sp³-hybridized carbons (Fsp3) is 0.350. The summed E-state index contributed by atoms with van der Waals surface area (Å²) in [5.74, 6) is 0.957. The Bertz CT molecular complexity index is 1030. The molecule has 162 valence electrons. The van der Waals surface area contributed by atoms with Gasteiger partial charge in [-0.2, -0.15) is 13.1 Å². The second-order valence-electron chi connectivity index (χ2n) is 7.25. The van der Waals surface area contributed by atoms with Gasteiger partial charge in [0.15, 0.2) is 0 Å². The summed E-state index contributed by atoms with van der Waals surface area (Å²) in [5, 5.41) is 9.16. The number of ether oxygens (including phenoxy) is 1. The molecule has 2 heterocycles. The Labute approximate surface area is 186 Å². The molecule has 10 heteroatoms. The number of halogens is 1. The number of hydrogen-bond acceptors (Lipinski definition) is 6. The Balaban J connectivity index is 0.00000256. The topological polar surface area (TPSA) is 106 Å². The summed E-state index contributed by atoms with van der Waals surface area (Å²) < 4.78 is 32.9. The first kappa shape index (κ1) is 22.9. The molecule has 1 aliphatic heterocycles. The van der Waals surface area contributed by atoms with E-state index in [-0.39, 0.29) is 24.4 Å². The predicted octanol–water partition coefficient (Wildman–Crippen LogP) is 3.21. The number of para-hydroxylation sites is 1. The van der Waals surface area contributed by atoms with Crippen LogP contribution >= 0.6 is 23.7 Å². The average Bonchev–Trinajstić information content (AvgIpc) is 3.11. The third kappa shape index (κ3) is 6.13. The zero-order chi connectivity index (χ0) is 20.3. The van der Waals surface area contributed by atoms with Gasteiger partial charge in [-0.25, -0.2) is 10.1 Å². The Kier molecular flexibility index (Phi) is 7.67. The van der Waals surface area contributed by atoms with Crippen molar-refractivity contribution in [2.24, 2.45) is 11.1 Å². The van der Waals surface area contributed by atoms with Crippen molar-refractivity contribution in [2.45, 2.75) is 25.3 Å². The van der Waals surface area contributed by atoms with Gasteiger partial charge in [0, 0.05) is 6.04 Å². The second-order valence-corrected chi connectivity index (χ2v) is 9.57. The van der Waals surface area contributed by atoms with Gasteiger partial charge in [0.05, 0.1) is 10.2 Å². The van der Waals surface area contributed by atoms with Crippen LogP contribution < -0.4 is 19.9 Å². The summed E-state index contributed by atoms with van der Waals surface area (Å²) in [6, 6.07) is 15.4. The predicted molar refractivity (Wildman–Crippen MR) is 123 cm³/mol. The third-order valence-electron chi connectivity index (χ3n) is 5.13. The van der Waals surface area contributed by atoms with E-state index >= 15 is 0 Å². The van der Waals surface area contributed by atoms with E-state index in [2.05, 4.69) is 15.0 Å². The number of thiazole rings is 1. The van der Waals surface area contributed by atoms with Crippen LogP contribution in [-0.2, 0) is 16.6 Å². The first-order valence-corrected chi connectivity index (χ1v) is 12.0. The number of nitrogens with two attached hydrogens (primary N) is 1. The lowest BCUT2D eigenvalue weighted by molar-refractivity contribution is 0.301. The van der Waals surface area contributed by atoms with Crippen LogP contribution in [0.3, 0.4) is 0 Å². The molecule has 1 aromatic heterocycles. The fourth-order valence-corrected chi connectivity index (χ4v) is 5.24. The first-order valence-electron chi connectivity index (χ1n) is 9.59. The highest BCUT2D eigenvalue weighted by molar-refractivity contribution is 7.87. The monoisotopic (exact) mass is 468 g/mol. The van der Waals surface area contributed by atoms with Gasteiger partial charge in [0.2, 0.25) is 0 Å². The molecule has 0 aliphatic carbocycles. The van der Waals surface area contributed by atoms with Crippen molar-refractivity contribution in [3.8, 4) is 10.9 Å². The van der Waals surface area contributed by atoms with E-state index in [1.165, 1.54) is 11.3 Å². The number of nitrogens with zero attached hydrogens (tertiary/aromatic N) is 1. The third-order valence-corrected chi connectivity index (χ3v) is 6.67. The summed E-state index contributed by atoms with van der Waals surface area (Å²) in [7, 11) is -3.76. The summed E-state index contributed by atoms with van der Waals surface area (Å²) >= 11 is 1.50. The molecule has 0 amide bonds. The average molecular weight is 469 g/mol. The van der Waals surface area contributed by atoms with E-state index in [1.54, 1.807) is 0 Å². The summed E-state index contributed by atoms with van der Waals surface area (Å²) in [6.07, 6.45) is 2.43. The second kappa shape index (κ2) is 10.0. The molecule has 1 saturated heterocycles. The SMILES string of the molecule is Cl.NS(=O)(=O)NC(Cc1ccc(Oc2nc3ccccc3s2)cc1)C1CCNCC1. The van der Waals surface area contributed by atoms with Crippen LogP contribution in [-0.4, -0.2) is 32.5 Å². The number of nitrogens with one attached hydrogen (secondary N) is 2. The van der Waals surface area contributed by atoms with Gasteiger partial charge in [0.1, 0.15) is 5.75 Å². The van der Waals surface area contributed by atoms with Crippen molar-refractivity contribution in [3.63, 3.8) is 0 Å². The van der Waals surface area contributed by atoms with E-state index in [1.807, 2.05) is 48.5 Å². The van der Waals surface area contributed by atoms with E-state index in [0.717, 1.165) is 41.7 Å². The number of rotatable bonds is 7. The van der Waals surface area contributed by atoms with E-state index in [0.29, 0.717) is 17.4 Å². The lowest BCUT2D eigenvalue weighted by atomic mass is 9.87. The van der Waals surface area contributed by atoms with Crippen LogP contribution in [0.2, 0.25) is 0 Å². The van der Waals surface area contributed by atoms with Crippen LogP contribution in [0, 0.1) is 5.92 Å². The van der Waals surface area contributed by atoms with Crippen molar-refractivity contribution in [1.29, 1.82) is 0 Å². The lowest BCUT2D eigenvalue weighted by Crippen LogP contribution is -2.47. The van der Waals surface area contributed by atoms with Crippen molar-refractivity contribution in [2.75, 3.05) is 13.1 Å². The first-order chi connectivity index (χ1) is 14.0. The number of fused-ring (bicyclic) bond motifs is 1. The molecule has 7 nitrogen and oxygen atoms in total. The maximum atomic E-state index is 11.6. The number of piperidine rings is 1. The standard InChI is InChI=1S/C20H24N4O3S2.ClH/c21-29(25,26)24-18(15-9-11-22-12-10-15)13-14-5-7-16(8-6-14)27-20-23-17-3-1-2-4-19(17)28-20;/h1-8,15,18,22,24H,9-13H2,(H2,21,25,26);1H. The van der Waals surface area contributed by atoms with Gasteiger partial charge >= 0.3 is 0 Å². The van der Waals surface area contributed by atoms with E-state index in [4.69, 9.17) is 9.88 Å². The maximum absolute atomic E-state index is 11.6. The lowest BCUT2D eigenvalue weighted by Gasteiger charge is -2.30. The highest BCUT2D eigenvalue weighted by atomic mass is 35.5. The highest BCUT2D eigenvalue weighted by Gasteiger charge is 2.26. The molecule has 0 bridgehead atoms. The molecule has 2 aromatic carbocycles. The van der Waals surface area contributed by atoms with Crippen LogP contribution in [0.4, 0.5) is 0 Å². The molecule has 0 saturated carbocycles. The quantitative estimate of drug-likeness (QED) is 0.493. The normalized spacial score (nSPS) is 16.2. The molecule has 4 N–H and O–H groups in total. The molecule has 1 unspecified atom stereocenters. The van der Waals surface area contributed by atoms with E-state index < -0.39 is 10.2 Å². The Morgan fingerprint density at radius 2 is 1.87 bits per heavy atom. The molecule has 4 rings (SSSR count). The molecular formula is C20H25ClN4O3S2. The minimum Gasteiger partial charge on any atom is -0.431 e. The van der Waals surface area contributed by atoms with Crippen LogP contribution in [0.5, 0.6) is 10.9 Å². The minimum absolute atomic E-state index is 0. The molecule has 1 atom stereocenters. The number of benzene rings is 2. The van der Waals surface area contributed by atoms with Crippen molar-refractivity contribution >= 4 is 44.2 Å². The van der Waals surface area contributed by atoms with Gasteiger partial charge in [-0.15, -0.1) is 12.4 Å². The summed E-state index contributed by atoms with van der Waals surface area (Å²) in [5.41, 5.74) is 1.95. The molecule has 0 radical (unpaired) electrons. The van der Waals surface area contributed by atoms with Crippen LogP contribution in [0.15, 0.2) is 48.5 Å². The molecular weight excluding hydrogens is 444 g/mol. The highest BCUT2D eigenvalue weighted by Crippen LogP contribution is 2.31. The Morgan fingerprint density at radius 3 is 2.53 bits per heavy atom. The maximum Gasteiger partial charge on any atom is 0.279 e. The van der Waals surface area contributed by atoms with Crippen molar-refractivity contribution in [3.05, 3.63) is 54.1 Å². The van der Waals surface area contributed by atoms with Crippen molar-refractivity contribution < 1.29 is 13.2 Å². The summed E-state index contributed by atoms with van der Waals surface area (Å²) in [4.78, 5) is 4.48. The van der Waals surface area contributed by atoms with Gasteiger partial charge in [-0.3, -0.25) is 0 Å². The van der Waals surface area contributed by atoms with Crippen molar-refractivity contribution in [1.82, 2.24) is 15.0 Å². The van der Waals surface area contributed by atoms with Gasteiger partial charge in [0.25, 0.3) is 15.4 Å². The molecule has 1 aliphatic rings. The minimum atomic E-state index is -3.76. The number of aromatic nitrogens is 1. The molecule has 3 aromatic rings. The largest absolute Gasteiger partial charge is 0.431 e. The summed E-state index contributed by atoms with van der Waals surface area (Å²) in [6.45, 7) is 1.78. The Hall–Kier alpha value is -1.75. The fourth-order valence-electron chi connectivity index (χ4n) is 3.71. The van der Waals surface area contributed by atoms with Gasteiger partial charge in [-0.05, 0) is 68.1 Å². The Morgan fingerprint density at radius 1 is 1.17 bits per heavy atom. The van der Waals surface area contributed by atoms with E-state index in [9.17, 15) is 8.42 Å². The molecule has 0 spiro atoms. The smallest absolute Gasteiger partial charge is 0.279 e. The zero-order valence-corrected chi connectivity index (χ0v) is 18.7. The van der Waals surface area contributed by atoms with Crippen LogP contribution in [0.1, 0.15) is 18.4 Å². The zero-order valence-electron chi connectivity index (χ0n) is 16.3. The molecule has 30 heavy (non-hydrogen) atoms. The van der Waals surface area contributed by atoms with Gasteiger partial charge < -0.3 is 10.1 Å². The number of hydrogen-bond donors (Lipinski definition) is 3. The van der Waals surface area contributed by atoms with Crippen LogP contribution in [0.25, 0.3) is 10.2 Å².